The third-order valence-electron chi connectivity index (χ3n) is 6.60. The van der Waals surface area contributed by atoms with Crippen molar-refractivity contribution in [3.8, 4) is 34.1 Å². The highest BCUT2D eigenvalue weighted by Crippen LogP contribution is 2.34. The number of carbonyl (C=O) groups excluding carboxylic acids is 2. The molecule has 2 N–H and O–H groups in total. The van der Waals surface area contributed by atoms with Gasteiger partial charge in [-0.25, -0.2) is 10.2 Å². The van der Waals surface area contributed by atoms with Crippen molar-refractivity contribution in [2.24, 2.45) is 5.10 Å². The van der Waals surface area contributed by atoms with Crippen LogP contribution in [0, 0.1) is 3.57 Å². The number of esters is 1. The van der Waals surface area contributed by atoms with Crippen molar-refractivity contribution in [1.82, 2.24) is 10.4 Å². The Balaban J connectivity index is 1.32. The summed E-state index contributed by atoms with van der Waals surface area (Å²) >= 11 is 2.26. The van der Waals surface area contributed by atoms with Crippen molar-refractivity contribution in [2.45, 2.75) is 13.8 Å². The number of hydrogen-bond acceptors (Lipinski definition) is 7. The number of hydrogen-bond donors (Lipinski definition) is 2. The number of H-pyrrole nitrogens is 1. The van der Waals surface area contributed by atoms with Crippen molar-refractivity contribution in [3.05, 3.63) is 105 Å². The van der Waals surface area contributed by atoms with E-state index < -0.39 is 5.97 Å². The Kier molecular flexibility index (Phi) is 9.80. The van der Waals surface area contributed by atoms with Crippen molar-refractivity contribution >= 4 is 51.6 Å². The van der Waals surface area contributed by atoms with Crippen LogP contribution in [0.5, 0.6) is 23.0 Å². The van der Waals surface area contributed by atoms with E-state index in [9.17, 15) is 9.59 Å². The van der Waals surface area contributed by atoms with E-state index in [1.165, 1.54) is 13.3 Å². The molecule has 4 aromatic carbocycles. The topological polar surface area (TPSA) is 111 Å². The van der Waals surface area contributed by atoms with Gasteiger partial charge in [-0.15, -0.1) is 0 Å². The van der Waals surface area contributed by atoms with E-state index >= 15 is 0 Å². The fourth-order valence-corrected chi connectivity index (χ4v) is 5.14. The number of hydrazone groups is 1. The lowest BCUT2D eigenvalue weighted by molar-refractivity contribution is 0.0728. The number of benzene rings is 4. The first kappa shape index (κ1) is 30.6. The summed E-state index contributed by atoms with van der Waals surface area (Å²) in [6, 6.07) is 25.6. The van der Waals surface area contributed by atoms with Gasteiger partial charge in [0.1, 0.15) is 5.69 Å². The number of nitrogens with one attached hydrogen (secondary N) is 2. The third kappa shape index (κ3) is 6.86. The number of aromatic amines is 1. The van der Waals surface area contributed by atoms with Crippen LogP contribution in [0.2, 0.25) is 0 Å². The average molecular weight is 704 g/mol. The quantitative estimate of drug-likeness (QED) is 0.0494. The minimum atomic E-state index is -0.580. The lowest BCUT2D eigenvalue weighted by atomic mass is 10.0. The van der Waals surface area contributed by atoms with Crippen LogP contribution in [0.1, 0.15) is 40.3 Å². The van der Waals surface area contributed by atoms with Gasteiger partial charge in [0.2, 0.25) is 0 Å². The summed E-state index contributed by atoms with van der Waals surface area (Å²) in [6.45, 7) is 4.62. The summed E-state index contributed by atoms with van der Waals surface area (Å²) in [5.41, 5.74) is 6.53. The van der Waals surface area contributed by atoms with Crippen LogP contribution in [0.25, 0.3) is 22.0 Å². The highest BCUT2D eigenvalue weighted by atomic mass is 127. The fourth-order valence-electron chi connectivity index (χ4n) is 4.65. The minimum absolute atomic E-state index is 0.228. The fraction of sp³-hybridized carbons (Fsp3) is 0.147. The van der Waals surface area contributed by atoms with Gasteiger partial charge in [0.05, 0.1) is 32.1 Å². The average Bonchev–Trinajstić information content (AvgIpc) is 3.42. The van der Waals surface area contributed by atoms with E-state index in [-0.39, 0.29) is 11.7 Å². The third-order valence-corrected chi connectivity index (χ3v) is 7.27. The van der Waals surface area contributed by atoms with E-state index in [1.807, 2.05) is 62.4 Å². The predicted molar refractivity (Wildman–Crippen MR) is 178 cm³/mol. The Hall–Kier alpha value is -4.84. The second-order valence-corrected chi connectivity index (χ2v) is 10.7. The number of halogens is 1. The first-order valence-corrected chi connectivity index (χ1v) is 15.0. The molecular formula is C34H30IN3O6. The Bertz CT molecular complexity index is 1830. The summed E-state index contributed by atoms with van der Waals surface area (Å²) < 4.78 is 23.3. The standard InChI is InChI=1S/C34H30IN3O6/c1-4-42-27-16-12-23(18-30(27)43-5-2)34(40)44-28-15-11-21(17-29(28)41-3)20-36-38-33(39)32-31(22-9-7-6-8-10-22)25-19-24(35)13-14-26(25)37-32/h6-20,37H,4-5H2,1-3H3,(H,38,39). The molecule has 0 aliphatic heterocycles. The molecule has 0 unspecified atom stereocenters. The summed E-state index contributed by atoms with van der Waals surface area (Å²) in [7, 11) is 1.47. The van der Waals surface area contributed by atoms with E-state index in [2.05, 4.69) is 38.1 Å². The molecule has 0 saturated carbocycles. The van der Waals surface area contributed by atoms with Gasteiger partial charge >= 0.3 is 5.97 Å². The largest absolute Gasteiger partial charge is 0.493 e. The predicted octanol–water partition coefficient (Wildman–Crippen LogP) is 7.23. The maximum atomic E-state index is 13.3. The van der Waals surface area contributed by atoms with E-state index in [0.29, 0.717) is 47.3 Å². The van der Waals surface area contributed by atoms with Crippen LogP contribution in [0.4, 0.5) is 0 Å². The number of fused-ring (bicyclic) bond motifs is 1. The minimum Gasteiger partial charge on any atom is -0.493 e. The lowest BCUT2D eigenvalue weighted by Gasteiger charge is -2.13. The molecule has 5 rings (SSSR count). The van der Waals surface area contributed by atoms with Crippen LogP contribution in [0.15, 0.2) is 90.0 Å². The van der Waals surface area contributed by atoms with Gasteiger partial charge in [-0.1, -0.05) is 30.3 Å². The van der Waals surface area contributed by atoms with Gasteiger partial charge in [0, 0.05) is 20.0 Å². The number of rotatable bonds is 11. The van der Waals surface area contributed by atoms with Crippen LogP contribution in [0.3, 0.4) is 0 Å². The van der Waals surface area contributed by atoms with E-state index in [1.54, 1.807) is 36.4 Å². The van der Waals surface area contributed by atoms with Crippen molar-refractivity contribution in [1.29, 1.82) is 0 Å². The molecule has 0 fully saturated rings. The number of nitrogens with zero attached hydrogens (tertiary/aromatic N) is 1. The Morgan fingerprint density at radius 2 is 1.61 bits per heavy atom. The van der Waals surface area contributed by atoms with Crippen molar-refractivity contribution in [2.75, 3.05) is 20.3 Å². The molecular weight excluding hydrogens is 673 g/mol. The Labute approximate surface area is 268 Å². The first-order valence-electron chi connectivity index (χ1n) is 13.9. The van der Waals surface area contributed by atoms with Crippen LogP contribution in [-0.4, -0.2) is 43.4 Å². The molecule has 5 aromatic rings. The zero-order valence-electron chi connectivity index (χ0n) is 24.3. The molecule has 44 heavy (non-hydrogen) atoms. The molecule has 9 nitrogen and oxygen atoms in total. The highest BCUT2D eigenvalue weighted by molar-refractivity contribution is 14.1. The number of aromatic nitrogens is 1. The van der Waals surface area contributed by atoms with Gasteiger partial charge in [0.15, 0.2) is 23.0 Å². The van der Waals surface area contributed by atoms with E-state index in [0.717, 1.165) is 25.6 Å². The van der Waals surface area contributed by atoms with Crippen molar-refractivity contribution in [3.63, 3.8) is 0 Å². The second-order valence-electron chi connectivity index (χ2n) is 9.46. The molecule has 0 aliphatic carbocycles. The molecule has 1 amide bonds. The first-order chi connectivity index (χ1) is 21.4. The van der Waals surface area contributed by atoms with Crippen LogP contribution < -0.4 is 24.4 Å². The lowest BCUT2D eigenvalue weighted by Crippen LogP contribution is -2.18. The molecule has 0 spiro atoms. The SMILES string of the molecule is CCOc1ccc(C(=O)Oc2ccc(C=NNC(=O)c3[nH]c4ccc(I)cc4c3-c3ccccc3)cc2OC)cc1OCC. The van der Waals surface area contributed by atoms with Gasteiger partial charge < -0.3 is 23.9 Å². The van der Waals surface area contributed by atoms with Gasteiger partial charge in [-0.2, -0.15) is 5.10 Å². The molecule has 0 radical (unpaired) electrons. The van der Waals surface area contributed by atoms with Gasteiger partial charge in [-0.3, -0.25) is 4.79 Å². The summed E-state index contributed by atoms with van der Waals surface area (Å²) in [4.78, 5) is 29.5. The van der Waals surface area contributed by atoms with Crippen LogP contribution >= 0.6 is 22.6 Å². The molecule has 10 heteroatoms. The molecule has 1 heterocycles. The summed E-state index contributed by atoms with van der Waals surface area (Å²) in [6.07, 6.45) is 1.49. The summed E-state index contributed by atoms with van der Waals surface area (Å²) in [5.74, 6) is 0.595. The summed E-state index contributed by atoms with van der Waals surface area (Å²) in [5, 5.41) is 5.12. The van der Waals surface area contributed by atoms with Crippen LogP contribution in [-0.2, 0) is 0 Å². The maximum absolute atomic E-state index is 13.3. The molecule has 0 aliphatic rings. The Morgan fingerprint density at radius 3 is 2.36 bits per heavy atom. The molecule has 0 saturated heterocycles. The number of amides is 1. The zero-order chi connectivity index (χ0) is 31.1. The smallest absolute Gasteiger partial charge is 0.343 e. The number of carbonyl (C=O) groups is 2. The number of methoxy groups -OCH3 is 1. The molecule has 0 bridgehead atoms. The highest BCUT2D eigenvalue weighted by Gasteiger charge is 2.20. The van der Waals surface area contributed by atoms with Gasteiger partial charge in [-0.05, 0) is 102 Å². The molecule has 1 aromatic heterocycles. The molecule has 224 valence electrons. The molecule has 0 atom stereocenters. The zero-order valence-corrected chi connectivity index (χ0v) is 26.5. The Morgan fingerprint density at radius 1 is 0.864 bits per heavy atom. The second kappa shape index (κ2) is 14.1. The number of ether oxygens (including phenoxy) is 4. The van der Waals surface area contributed by atoms with E-state index in [4.69, 9.17) is 18.9 Å². The normalized spacial score (nSPS) is 11.0. The maximum Gasteiger partial charge on any atom is 0.343 e. The van der Waals surface area contributed by atoms with Crippen molar-refractivity contribution < 1.29 is 28.5 Å². The monoisotopic (exact) mass is 703 g/mol. The van der Waals surface area contributed by atoms with Gasteiger partial charge in [0.25, 0.3) is 5.91 Å².